The Kier molecular flexibility index (Phi) is 5.07. The molecule has 2 fully saturated rings. The van der Waals surface area contributed by atoms with E-state index in [1.54, 1.807) is 24.3 Å². The predicted octanol–water partition coefficient (Wildman–Crippen LogP) is 3.69. The Labute approximate surface area is 162 Å². The summed E-state index contributed by atoms with van der Waals surface area (Å²) in [4.78, 5) is 31.3. The van der Waals surface area contributed by atoms with E-state index in [-0.39, 0.29) is 11.8 Å². The zero-order valence-corrected chi connectivity index (χ0v) is 15.5. The molecule has 136 valence electrons. The molecule has 1 N–H and O–H groups in total. The van der Waals surface area contributed by atoms with E-state index in [9.17, 15) is 9.59 Å². The van der Waals surface area contributed by atoms with Crippen LogP contribution in [0.15, 0.2) is 64.5 Å². The molecule has 0 aromatic heterocycles. The zero-order chi connectivity index (χ0) is 18.6. The Morgan fingerprint density at radius 2 is 1.74 bits per heavy atom. The van der Waals surface area contributed by atoms with Gasteiger partial charge in [0.2, 0.25) is 0 Å². The van der Waals surface area contributed by atoms with Gasteiger partial charge in [0.1, 0.15) is 0 Å². The van der Waals surface area contributed by atoms with Crippen molar-refractivity contribution in [2.24, 2.45) is 4.99 Å². The summed E-state index contributed by atoms with van der Waals surface area (Å²) in [5, 5.41) is 2.97. The number of hydrogen-bond donors (Lipinski definition) is 1. The largest absolute Gasteiger partial charge is 0.372 e. The van der Waals surface area contributed by atoms with Crippen LogP contribution in [0.4, 0.5) is 5.69 Å². The average Bonchev–Trinajstić information content (AvgIpc) is 3.34. The molecule has 4 rings (SSSR count). The van der Waals surface area contributed by atoms with Gasteiger partial charge < -0.3 is 10.2 Å². The monoisotopic (exact) mass is 377 g/mol. The number of aliphatic imine (C=N–C) groups is 1. The highest BCUT2D eigenvalue weighted by atomic mass is 32.2. The third-order valence-electron chi connectivity index (χ3n) is 4.54. The summed E-state index contributed by atoms with van der Waals surface area (Å²) in [5.74, 6) is -0.599. The molecule has 2 aromatic rings. The van der Waals surface area contributed by atoms with Gasteiger partial charge in [-0.05, 0) is 60.5 Å². The summed E-state index contributed by atoms with van der Waals surface area (Å²) in [5.41, 5.74) is 2.66. The van der Waals surface area contributed by atoms with Crippen LogP contribution >= 0.6 is 11.8 Å². The van der Waals surface area contributed by atoms with Crippen LogP contribution in [-0.2, 0) is 4.79 Å². The van der Waals surface area contributed by atoms with E-state index in [4.69, 9.17) is 0 Å². The maximum Gasteiger partial charge on any atom is 0.279 e. The summed E-state index contributed by atoms with van der Waals surface area (Å²) in [6, 6.07) is 17.0. The molecule has 2 aliphatic heterocycles. The summed E-state index contributed by atoms with van der Waals surface area (Å²) in [7, 11) is 0. The molecule has 0 spiro atoms. The minimum Gasteiger partial charge on any atom is -0.372 e. The minimum atomic E-state index is -0.366. The maximum atomic E-state index is 12.2. The van der Waals surface area contributed by atoms with Gasteiger partial charge in [-0.3, -0.25) is 9.59 Å². The lowest BCUT2D eigenvalue weighted by Crippen LogP contribution is -2.20. The number of rotatable bonds is 3. The predicted molar refractivity (Wildman–Crippen MR) is 110 cm³/mol. The maximum absolute atomic E-state index is 12.2. The number of benzene rings is 2. The molecule has 2 aromatic carbocycles. The van der Waals surface area contributed by atoms with Gasteiger partial charge in [0.25, 0.3) is 11.8 Å². The van der Waals surface area contributed by atoms with Crippen molar-refractivity contribution in [1.29, 1.82) is 0 Å². The molecule has 0 bridgehead atoms. The normalized spacial score (nSPS) is 19.7. The molecule has 27 heavy (non-hydrogen) atoms. The first-order valence-corrected chi connectivity index (χ1v) is 9.75. The SMILES string of the molecule is O=C1NC(=NC(=O)c2ccccc2)S/C1=C\c1ccc(N2CCCC2)cc1. The molecule has 2 heterocycles. The van der Waals surface area contributed by atoms with Crippen molar-refractivity contribution in [3.63, 3.8) is 0 Å². The zero-order valence-electron chi connectivity index (χ0n) is 14.7. The van der Waals surface area contributed by atoms with E-state index in [1.165, 1.54) is 30.3 Å². The molecule has 0 saturated carbocycles. The van der Waals surface area contributed by atoms with Gasteiger partial charge in [-0.1, -0.05) is 30.3 Å². The first kappa shape index (κ1) is 17.5. The second-order valence-electron chi connectivity index (χ2n) is 6.44. The number of amides is 2. The van der Waals surface area contributed by atoms with Crippen molar-refractivity contribution in [3.05, 3.63) is 70.6 Å². The topological polar surface area (TPSA) is 61.8 Å². The van der Waals surface area contributed by atoms with Crippen LogP contribution in [0.5, 0.6) is 0 Å². The number of nitrogens with one attached hydrogen (secondary N) is 1. The molecule has 2 aliphatic rings. The van der Waals surface area contributed by atoms with E-state index in [1.807, 2.05) is 24.3 Å². The van der Waals surface area contributed by atoms with Gasteiger partial charge in [0.05, 0.1) is 4.91 Å². The Bertz CT molecular complexity index is 914. The number of nitrogens with zero attached hydrogens (tertiary/aromatic N) is 2. The van der Waals surface area contributed by atoms with Crippen LogP contribution in [0, 0.1) is 0 Å². The molecule has 0 aliphatic carbocycles. The van der Waals surface area contributed by atoms with Crippen LogP contribution in [0.2, 0.25) is 0 Å². The lowest BCUT2D eigenvalue weighted by atomic mass is 10.2. The molecule has 0 unspecified atom stereocenters. The number of amidine groups is 1. The number of anilines is 1. The van der Waals surface area contributed by atoms with E-state index in [2.05, 4.69) is 27.3 Å². The number of carbonyl (C=O) groups excluding carboxylic acids is 2. The summed E-state index contributed by atoms with van der Waals surface area (Å²) >= 11 is 1.19. The average molecular weight is 377 g/mol. The van der Waals surface area contributed by atoms with E-state index >= 15 is 0 Å². The fourth-order valence-electron chi connectivity index (χ4n) is 3.13. The van der Waals surface area contributed by atoms with Crippen LogP contribution in [-0.4, -0.2) is 30.1 Å². The van der Waals surface area contributed by atoms with Crippen molar-refractivity contribution < 1.29 is 9.59 Å². The molecule has 0 radical (unpaired) electrons. The molecule has 5 nitrogen and oxygen atoms in total. The third-order valence-corrected chi connectivity index (χ3v) is 5.45. The van der Waals surface area contributed by atoms with Crippen molar-refractivity contribution in [2.75, 3.05) is 18.0 Å². The van der Waals surface area contributed by atoms with E-state index in [0.29, 0.717) is 15.6 Å². The summed E-state index contributed by atoms with van der Waals surface area (Å²) < 4.78 is 0. The van der Waals surface area contributed by atoms with Crippen molar-refractivity contribution in [3.8, 4) is 0 Å². The smallest absolute Gasteiger partial charge is 0.279 e. The Balaban J connectivity index is 1.47. The lowest BCUT2D eigenvalue weighted by Gasteiger charge is -2.17. The lowest BCUT2D eigenvalue weighted by molar-refractivity contribution is -0.115. The van der Waals surface area contributed by atoms with Crippen molar-refractivity contribution >= 4 is 40.5 Å². The highest BCUT2D eigenvalue weighted by molar-refractivity contribution is 8.18. The fraction of sp³-hybridized carbons (Fsp3) is 0.190. The molecular formula is C21H19N3O2S. The molecule has 0 atom stereocenters. The van der Waals surface area contributed by atoms with Crippen LogP contribution < -0.4 is 10.2 Å². The van der Waals surface area contributed by atoms with E-state index in [0.717, 1.165) is 18.7 Å². The van der Waals surface area contributed by atoms with Crippen LogP contribution in [0.3, 0.4) is 0 Å². The molecular weight excluding hydrogens is 358 g/mol. The first-order valence-electron chi connectivity index (χ1n) is 8.93. The van der Waals surface area contributed by atoms with E-state index < -0.39 is 0 Å². The standard InChI is InChI=1S/C21H19N3O2S/c25-19(16-6-2-1-3-7-16)22-21-23-20(26)18(27-21)14-15-8-10-17(11-9-15)24-12-4-5-13-24/h1-3,6-11,14H,4-5,12-13H2,(H,22,23,25,26)/b18-14-. The number of hydrogen-bond acceptors (Lipinski definition) is 4. The van der Waals surface area contributed by atoms with Crippen LogP contribution in [0.1, 0.15) is 28.8 Å². The summed E-state index contributed by atoms with van der Waals surface area (Å²) in [6.07, 6.45) is 4.31. The van der Waals surface area contributed by atoms with Gasteiger partial charge in [0, 0.05) is 24.3 Å². The molecule has 2 saturated heterocycles. The minimum absolute atomic E-state index is 0.233. The first-order chi connectivity index (χ1) is 13.2. The quantitative estimate of drug-likeness (QED) is 0.829. The summed E-state index contributed by atoms with van der Waals surface area (Å²) in [6.45, 7) is 2.21. The van der Waals surface area contributed by atoms with Crippen LogP contribution in [0.25, 0.3) is 6.08 Å². The second-order valence-corrected chi connectivity index (χ2v) is 7.47. The second kappa shape index (κ2) is 7.80. The van der Waals surface area contributed by atoms with Gasteiger partial charge >= 0.3 is 0 Å². The van der Waals surface area contributed by atoms with Gasteiger partial charge in [-0.25, -0.2) is 0 Å². The van der Waals surface area contributed by atoms with Crippen molar-refractivity contribution in [1.82, 2.24) is 5.32 Å². The highest BCUT2D eigenvalue weighted by Crippen LogP contribution is 2.27. The third kappa shape index (κ3) is 4.11. The highest BCUT2D eigenvalue weighted by Gasteiger charge is 2.24. The molecule has 6 heteroatoms. The number of carbonyl (C=O) groups is 2. The molecule has 2 amide bonds. The Hall–Kier alpha value is -2.86. The van der Waals surface area contributed by atoms with Gasteiger partial charge in [0.15, 0.2) is 5.17 Å². The number of thioether (sulfide) groups is 1. The Morgan fingerprint density at radius 3 is 2.44 bits per heavy atom. The van der Waals surface area contributed by atoms with Crippen molar-refractivity contribution in [2.45, 2.75) is 12.8 Å². The van der Waals surface area contributed by atoms with Gasteiger partial charge in [-0.15, -0.1) is 0 Å². The fourth-order valence-corrected chi connectivity index (χ4v) is 3.95. The van der Waals surface area contributed by atoms with Gasteiger partial charge in [-0.2, -0.15) is 4.99 Å². The Morgan fingerprint density at radius 1 is 1.04 bits per heavy atom.